The van der Waals surface area contributed by atoms with Crippen molar-refractivity contribution in [1.29, 1.82) is 0 Å². The van der Waals surface area contributed by atoms with Crippen molar-refractivity contribution in [1.82, 2.24) is 4.90 Å². The van der Waals surface area contributed by atoms with Crippen LogP contribution in [0.5, 0.6) is 0 Å². The number of aliphatic hydroxyl groups is 1. The number of aliphatic hydroxyl groups excluding tert-OH is 1. The van der Waals surface area contributed by atoms with Gasteiger partial charge in [0, 0.05) is 13.1 Å². The maximum atomic E-state index is 9.77. The molecule has 70 valence electrons. The maximum Gasteiger partial charge on any atom is 0.0620 e. The molecule has 2 fully saturated rings. The molecule has 1 aliphatic heterocycles. The van der Waals surface area contributed by atoms with Crippen molar-refractivity contribution in [2.24, 2.45) is 11.8 Å². The second-order valence-corrected chi connectivity index (χ2v) is 4.35. The van der Waals surface area contributed by atoms with Crippen LogP contribution in [-0.2, 0) is 0 Å². The predicted molar refractivity (Wildman–Crippen MR) is 49.0 cm³/mol. The summed E-state index contributed by atoms with van der Waals surface area (Å²) in [6.07, 6.45) is 3.78. The molecule has 1 N–H and O–H groups in total. The summed E-state index contributed by atoms with van der Waals surface area (Å²) < 4.78 is 0. The highest BCUT2D eigenvalue weighted by atomic mass is 16.3. The van der Waals surface area contributed by atoms with E-state index in [-0.39, 0.29) is 6.10 Å². The minimum atomic E-state index is 0.0260. The van der Waals surface area contributed by atoms with Gasteiger partial charge in [-0.2, -0.15) is 0 Å². The van der Waals surface area contributed by atoms with Crippen LogP contribution < -0.4 is 0 Å². The monoisotopic (exact) mass is 169 g/mol. The third-order valence-corrected chi connectivity index (χ3v) is 3.40. The molecule has 1 unspecified atom stereocenters. The van der Waals surface area contributed by atoms with E-state index in [4.69, 9.17) is 0 Å². The number of fused-ring (bicyclic) bond motifs is 2. The summed E-state index contributed by atoms with van der Waals surface area (Å²) in [4.78, 5) is 2.52. The first-order valence-electron chi connectivity index (χ1n) is 5.21. The third-order valence-electron chi connectivity index (χ3n) is 3.40. The minimum absolute atomic E-state index is 0.0260. The third kappa shape index (κ3) is 1.38. The molecule has 0 radical (unpaired) electrons. The summed E-state index contributed by atoms with van der Waals surface area (Å²) in [5.41, 5.74) is 0. The number of likely N-dealkylation sites (tertiary alicyclic amines) is 1. The summed E-state index contributed by atoms with van der Waals surface area (Å²) in [6, 6.07) is 0. The molecule has 2 rings (SSSR count). The van der Waals surface area contributed by atoms with E-state index in [1.54, 1.807) is 0 Å². The largest absolute Gasteiger partial charge is 0.392 e. The lowest BCUT2D eigenvalue weighted by Gasteiger charge is -2.35. The lowest BCUT2D eigenvalue weighted by Crippen LogP contribution is -2.44. The van der Waals surface area contributed by atoms with Crippen LogP contribution in [0.4, 0.5) is 0 Å². The topological polar surface area (TPSA) is 23.5 Å². The van der Waals surface area contributed by atoms with Crippen LogP contribution in [0, 0.1) is 11.8 Å². The Kier molecular flexibility index (Phi) is 2.37. The van der Waals surface area contributed by atoms with Gasteiger partial charge in [0.15, 0.2) is 0 Å². The number of piperidine rings is 1. The van der Waals surface area contributed by atoms with Gasteiger partial charge >= 0.3 is 0 Å². The van der Waals surface area contributed by atoms with Crippen molar-refractivity contribution in [2.75, 3.05) is 19.6 Å². The van der Waals surface area contributed by atoms with Gasteiger partial charge in [-0.15, -0.1) is 0 Å². The van der Waals surface area contributed by atoms with Gasteiger partial charge in [-0.25, -0.2) is 0 Å². The molecule has 0 aromatic rings. The molecule has 1 aliphatic carbocycles. The zero-order valence-electron chi connectivity index (χ0n) is 7.87. The van der Waals surface area contributed by atoms with Gasteiger partial charge in [-0.3, -0.25) is 0 Å². The van der Waals surface area contributed by atoms with E-state index in [2.05, 4.69) is 11.8 Å². The second-order valence-electron chi connectivity index (χ2n) is 4.35. The van der Waals surface area contributed by atoms with Crippen molar-refractivity contribution in [3.05, 3.63) is 0 Å². The molecule has 1 saturated carbocycles. The lowest BCUT2D eigenvalue weighted by molar-refractivity contribution is 0.0170. The summed E-state index contributed by atoms with van der Waals surface area (Å²) in [6.45, 7) is 5.74. The Bertz CT molecular complexity index is 146. The normalized spacial score (nSPS) is 42.0. The molecule has 3 atom stereocenters. The fourth-order valence-corrected chi connectivity index (χ4v) is 2.79. The van der Waals surface area contributed by atoms with Crippen molar-refractivity contribution in [2.45, 2.75) is 32.3 Å². The van der Waals surface area contributed by atoms with E-state index < -0.39 is 0 Å². The highest BCUT2D eigenvalue weighted by Crippen LogP contribution is 2.36. The number of hydrogen-bond donors (Lipinski definition) is 1. The van der Waals surface area contributed by atoms with Gasteiger partial charge in [0.05, 0.1) is 6.10 Å². The first kappa shape index (κ1) is 8.52. The Morgan fingerprint density at radius 1 is 1.25 bits per heavy atom. The predicted octanol–water partition coefficient (Wildman–Crippen LogP) is 1.10. The smallest absolute Gasteiger partial charge is 0.0620 e. The van der Waals surface area contributed by atoms with Crippen molar-refractivity contribution in [3.63, 3.8) is 0 Å². The first-order valence-corrected chi connectivity index (χ1v) is 5.21. The van der Waals surface area contributed by atoms with Gasteiger partial charge in [-0.1, -0.05) is 6.92 Å². The van der Waals surface area contributed by atoms with Crippen LogP contribution in [-0.4, -0.2) is 35.7 Å². The SMILES string of the molecule is CCCN1C[C@H]2CC[C@@H](C1)C2O. The molecule has 2 aliphatic rings. The van der Waals surface area contributed by atoms with Crippen LogP contribution in [0.3, 0.4) is 0 Å². The van der Waals surface area contributed by atoms with Gasteiger partial charge in [0.1, 0.15) is 0 Å². The number of nitrogens with zero attached hydrogens (tertiary/aromatic N) is 1. The Labute approximate surface area is 74.6 Å². The first-order chi connectivity index (χ1) is 5.81. The maximum absolute atomic E-state index is 9.77. The van der Waals surface area contributed by atoms with E-state index >= 15 is 0 Å². The van der Waals surface area contributed by atoms with Crippen LogP contribution >= 0.6 is 0 Å². The molecular weight excluding hydrogens is 150 g/mol. The molecule has 0 amide bonds. The molecule has 0 aromatic heterocycles. The molecule has 1 saturated heterocycles. The van der Waals surface area contributed by atoms with E-state index in [0.717, 1.165) is 13.1 Å². The van der Waals surface area contributed by atoms with Crippen LogP contribution in [0.15, 0.2) is 0 Å². The lowest BCUT2D eigenvalue weighted by atomic mass is 9.95. The average molecular weight is 169 g/mol. The Morgan fingerprint density at radius 2 is 1.83 bits per heavy atom. The van der Waals surface area contributed by atoms with Crippen molar-refractivity contribution < 1.29 is 5.11 Å². The summed E-state index contributed by atoms with van der Waals surface area (Å²) in [5.74, 6) is 1.19. The quantitative estimate of drug-likeness (QED) is 0.669. The van der Waals surface area contributed by atoms with Crippen LogP contribution in [0.2, 0.25) is 0 Å². The highest BCUT2D eigenvalue weighted by molar-refractivity contribution is 4.92. The zero-order chi connectivity index (χ0) is 8.55. The van der Waals surface area contributed by atoms with Crippen molar-refractivity contribution >= 4 is 0 Å². The van der Waals surface area contributed by atoms with E-state index in [9.17, 15) is 5.11 Å². The molecular formula is C10H19NO. The number of hydrogen-bond acceptors (Lipinski definition) is 2. The van der Waals surface area contributed by atoms with Gasteiger partial charge in [0.25, 0.3) is 0 Å². The van der Waals surface area contributed by atoms with Crippen molar-refractivity contribution in [3.8, 4) is 0 Å². The van der Waals surface area contributed by atoms with E-state index in [1.165, 1.54) is 25.8 Å². The Morgan fingerprint density at radius 3 is 2.33 bits per heavy atom. The molecule has 2 nitrogen and oxygen atoms in total. The zero-order valence-corrected chi connectivity index (χ0v) is 7.87. The van der Waals surface area contributed by atoms with Gasteiger partial charge in [-0.05, 0) is 37.6 Å². The molecule has 1 heterocycles. The fourth-order valence-electron chi connectivity index (χ4n) is 2.79. The molecule has 12 heavy (non-hydrogen) atoms. The summed E-state index contributed by atoms with van der Waals surface area (Å²) >= 11 is 0. The second kappa shape index (κ2) is 3.35. The fraction of sp³-hybridized carbons (Fsp3) is 1.00. The summed E-state index contributed by atoms with van der Waals surface area (Å²) in [5, 5.41) is 9.77. The van der Waals surface area contributed by atoms with Gasteiger partial charge < -0.3 is 10.0 Å². The van der Waals surface area contributed by atoms with Gasteiger partial charge in [0.2, 0.25) is 0 Å². The van der Waals surface area contributed by atoms with Crippen LogP contribution in [0.25, 0.3) is 0 Å². The molecule has 0 spiro atoms. The molecule has 2 bridgehead atoms. The average Bonchev–Trinajstić information content (AvgIpc) is 2.33. The minimum Gasteiger partial charge on any atom is -0.392 e. The van der Waals surface area contributed by atoms with E-state index in [1.807, 2.05) is 0 Å². The number of rotatable bonds is 2. The van der Waals surface area contributed by atoms with E-state index in [0.29, 0.717) is 11.8 Å². The molecule has 0 aromatic carbocycles. The standard InChI is InChI=1S/C10H19NO/c1-2-5-11-6-8-3-4-9(7-11)10(8)12/h8-10,12H,2-7H2,1H3/t8-,9+,10?. The van der Waals surface area contributed by atoms with Crippen LogP contribution in [0.1, 0.15) is 26.2 Å². The Balaban J connectivity index is 1.93. The summed E-state index contributed by atoms with van der Waals surface area (Å²) in [7, 11) is 0. The highest BCUT2D eigenvalue weighted by Gasteiger charge is 2.40. The molecule has 2 heteroatoms. The Hall–Kier alpha value is -0.0800.